The molecule has 110 valence electrons. The Kier molecular flexibility index (Phi) is 4.23. The molecule has 2 aromatic heterocycles. The van der Waals surface area contributed by atoms with E-state index in [1.807, 2.05) is 4.57 Å². The Labute approximate surface area is 131 Å². The number of rotatable bonds is 5. The van der Waals surface area contributed by atoms with Crippen molar-refractivity contribution in [2.45, 2.75) is 30.8 Å². The van der Waals surface area contributed by atoms with Gasteiger partial charge >= 0.3 is 0 Å². The minimum Gasteiger partial charge on any atom is -0.390 e. The lowest BCUT2D eigenvalue weighted by atomic mass is 10.1. The van der Waals surface area contributed by atoms with Gasteiger partial charge in [-0.15, -0.1) is 10.2 Å². The summed E-state index contributed by atoms with van der Waals surface area (Å²) >= 11 is 3.02. The summed E-state index contributed by atoms with van der Waals surface area (Å²) in [7, 11) is 0. The first-order valence-corrected chi connectivity index (χ1v) is 8.49. The van der Waals surface area contributed by atoms with Gasteiger partial charge in [0.15, 0.2) is 4.34 Å². The van der Waals surface area contributed by atoms with Crippen molar-refractivity contribution in [1.29, 1.82) is 0 Å². The van der Waals surface area contributed by atoms with Crippen LogP contribution >= 0.6 is 23.1 Å². The molecule has 0 aliphatic heterocycles. The maximum Gasteiger partial charge on any atom is 0.174 e. The van der Waals surface area contributed by atoms with E-state index in [1.54, 1.807) is 11.8 Å². The number of aromatic nitrogens is 4. The van der Waals surface area contributed by atoms with Crippen LogP contribution < -0.4 is 0 Å². The topological polar surface area (TPSA) is 63.8 Å². The molecule has 0 unspecified atom stereocenters. The zero-order valence-corrected chi connectivity index (χ0v) is 13.5. The number of benzene rings is 1. The van der Waals surface area contributed by atoms with E-state index in [1.165, 1.54) is 34.2 Å². The number of imidazole rings is 1. The van der Waals surface area contributed by atoms with Crippen LogP contribution in [0.2, 0.25) is 0 Å². The van der Waals surface area contributed by atoms with E-state index < -0.39 is 6.10 Å². The van der Waals surface area contributed by atoms with Crippen LogP contribution in [0.3, 0.4) is 0 Å². The first-order chi connectivity index (χ1) is 10.1. The van der Waals surface area contributed by atoms with Gasteiger partial charge in [-0.25, -0.2) is 4.98 Å². The molecule has 0 aliphatic rings. The molecule has 1 N–H and O–H groups in total. The van der Waals surface area contributed by atoms with Crippen LogP contribution in [0, 0.1) is 13.8 Å². The molecule has 0 fully saturated rings. The standard InChI is InChI=1S/C14H16N4OS2/c1-9-3-12-13(4-10(9)2)18(7-15-12)5-11(19)6-20-14-17-16-8-21-14/h3-4,7-8,11,19H,5-6H2,1-2H3/t11-/m1/s1. The average molecular weight is 320 g/mol. The summed E-state index contributed by atoms with van der Waals surface area (Å²) in [4.78, 5) is 4.41. The highest BCUT2D eigenvalue weighted by Gasteiger charge is 2.11. The Hall–Kier alpha value is -1.44. The fraction of sp³-hybridized carbons (Fsp3) is 0.357. The molecule has 7 heteroatoms. The monoisotopic (exact) mass is 320 g/mol. The van der Waals surface area contributed by atoms with Crippen molar-refractivity contribution in [3.05, 3.63) is 35.1 Å². The maximum atomic E-state index is 10.2. The number of fused-ring (bicyclic) bond motifs is 1. The van der Waals surface area contributed by atoms with E-state index in [-0.39, 0.29) is 0 Å². The lowest BCUT2D eigenvalue weighted by Gasteiger charge is -2.11. The van der Waals surface area contributed by atoms with E-state index in [2.05, 4.69) is 41.2 Å². The second-order valence-electron chi connectivity index (χ2n) is 4.99. The number of aliphatic hydroxyl groups excluding tert-OH is 1. The van der Waals surface area contributed by atoms with Crippen LogP contribution in [0.1, 0.15) is 11.1 Å². The van der Waals surface area contributed by atoms with Gasteiger partial charge in [-0.1, -0.05) is 23.1 Å². The lowest BCUT2D eigenvalue weighted by Crippen LogP contribution is -2.18. The second-order valence-corrected chi connectivity index (χ2v) is 7.09. The molecular weight excluding hydrogens is 304 g/mol. The minimum atomic E-state index is -0.446. The first kappa shape index (κ1) is 14.5. The highest BCUT2D eigenvalue weighted by Crippen LogP contribution is 2.22. The molecular formula is C14H16N4OS2. The van der Waals surface area contributed by atoms with Gasteiger partial charge in [-0.3, -0.25) is 0 Å². The van der Waals surface area contributed by atoms with Crippen LogP contribution in [0.4, 0.5) is 0 Å². The van der Waals surface area contributed by atoms with Crippen LogP contribution in [-0.2, 0) is 6.54 Å². The Balaban J connectivity index is 1.71. The number of aryl methyl sites for hydroxylation is 2. The lowest BCUT2D eigenvalue weighted by molar-refractivity contribution is 0.179. The third kappa shape index (κ3) is 3.25. The third-order valence-corrected chi connectivity index (χ3v) is 5.39. The van der Waals surface area contributed by atoms with Crippen molar-refractivity contribution in [1.82, 2.24) is 19.7 Å². The SMILES string of the molecule is Cc1cc2ncn(C[C@@H](O)CSc3nncs3)c2cc1C. The molecule has 0 spiro atoms. The number of hydrogen-bond donors (Lipinski definition) is 1. The number of nitrogens with zero attached hydrogens (tertiary/aromatic N) is 4. The highest BCUT2D eigenvalue weighted by atomic mass is 32.2. The van der Waals surface area contributed by atoms with Crippen LogP contribution in [0.25, 0.3) is 11.0 Å². The van der Waals surface area contributed by atoms with Gasteiger partial charge in [0, 0.05) is 5.75 Å². The average Bonchev–Trinajstić information content (AvgIpc) is 3.09. The van der Waals surface area contributed by atoms with E-state index in [4.69, 9.17) is 0 Å². The molecule has 0 amide bonds. The van der Waals surface area contributed by atoms with Gasteiger partial charge < -0.3 is 9.67 Å². The molecule has 2 heterocycles. The zero-order chi connectivity index (χ0) is 14.8. The van der Waals surface area contributed by atoms with Crippen LogP contribution in [0.15, 0.2) is 28.3 Å². The minimum absolute atomic E-state index is 0.446. The fourth-order valence-electron chi connectivity index (χ4n) is 2.13. The largest absolute Gasteiger partial charge is 0.390 e. The van der Waals surface area contributed by atoms with Crippen LogP contribution in [-0.4, -0.2) is 36.7 Å². The normalized spacial score (nSPS) is 12.9. The number of aliphatic hydroxyl groups is 1. The Bertz CT molecular complexity index is 739. The molecule has 0 aliphatic carbocycles. The Morgan fingerprint density at radius 2 is 2.14 bits per heavy atom. The molecule has 0 saturated heterocycles. The molecule has 1 atom stereocenters. The molecule has 1 aromatic carbocycles. The molecule has 3 rings (SSSR count). The van der Waals surface area contributed by atoms with Gasteiger partial charge in [0.05, 0.1) is 30.0 Å². The van der Waals surface area contributed by atoms with Gasteiger partial charge in [-0.05, 0) is 37.1 Å². The van der Waals surface area contributed by atoms with Gasteiger partial charge in [0.2, 0.25) is 0 Å². The van der Waals surface area contributed by atoms with Crippen molar-refractivity contribution in [3.63, 3.8) is 0 Å². The van der Waals surface area contributed by atoms with Gasteiger partial charge in [0.1, 0.15) is 5.51 Å². The summed E-state index contributed by atoms with van der Waals surface area (Å²) in [6, 6.07) is 4.21. The van der Waals surface area contributed by atoms with Gasteiger partial charge in [-0.2, -0.15) is 0 Å². The van der Waals surface area contributed by atoms with Crippen molar-refractivity contribution in [3.8, 4) is 0 Å². The smallest absolute Gasteiger partial charge is 0.174 e. The van der Waals surface area contributed by atoms with E-state index in [9.17, 15) is 5.11 Å². The Morgan fingerprint density at radius 1 is 1.33 bits per heavy atom. The maximum absolute atomic E-state index is 10.2. The predicted molar refractivity (Wildman–Crippen MR) is 85.8 cm³/mol. The molecule has 0 saturated carbocycles. The zero-order valence-electron chi connectivity index (χ0n) is 11.9. The summed E-state index contributed by atoms with van der Waals surface area (Å²) < 4.78 is 2.89. The summed E-state index contributed by atoms with van der Waals surface area (Å²) in [6.07, 6.45) is 1.35. The van der Waals surface area contributed by atoms with Crippen molar-refractivity contribution in [2.24, 2.45) is 0 Å². The van der Waals surface area contributed by atoms with E-state index in [0.717, 1.165) is 15.4 Å². The van der Waals surface area contributed by atoms with Gasteiger partial charge in [0.25, 0.3) is 0 Å². The molecule has 3 aromatic rings. The predicted octanol–water partition coefficient (Wildman–Crippen LogP) is 2.66. The van der Waals surface area contributed by atoms with Crippen molar-refractivity contribution in [2.75, 3.05) is 5.75 Å². The highest BCUT2D eigenvalue weighted by molar-refractivity contribution is 8.01. The summed E-state index contributed by atoms with van der Waals surface area (Å²) in [5.74, 6) is 0.597. The summed E-state index contributed by atoms with van der Waals surface area (Å²) in [5.41, 5.74) is 6.21. The fourth-order valence-corrected chi connectivity index (χ4v) is 3.56. The molecule has 21 heavy (non-hydrogen) atoms. The van der Waals surface area contributed by atoms with E-state index >= 15 is 0 Å². The van der Waals surface area contributed by atoms with Crippen molar-refractivity contribution >= 4 is 34.1 Å². The molecule has 0 bridgehead atoms. The summed E-state index contributed by atoms with van der Waals surface area (Å²) in [5, 5.41) is 17.9. The Morgan fingerprint density at radius 3 is 2.90 bits per heavy atom. The quantitative estimate of drug-likeness (QED) is 0.732. The number of thioether (sulfide) groups is 1. The van der Waals surface area contributed by atoms with E-state index in [0.29, 0.717) is 12.3 Å². The third-order valence-electron chi connectivity index (χ3n) is 3.38. The number of hydrogen-bond acceptors (Lipinski definition) is 6. The van der Waals surface area contributed by atoms with Crippen molar-refractivity contribution < 1.29 is 5.11 Å². The summed E-state index contributed by atoms with van der Waals surface area (Å²) in [6.45, 7) is 4.71. The molecule has 5 nitrogen and oxygen atoms in total. The first-order valence-electron chi connectivity index (χ1n) is 6.62. The van der Waals surface area contributed by atoms with Crippen LogP contribution in [0.5, 0.6) is 0 Å². The second kappa shape index (κ2) is 6.13. The molecule has 0 radical (unpaired) electrons.